The third-order valence-electron chi connectivity index (χ3n) is 7.06. The number of amides is 2. The summed E-state index contributed by atoms with van der Waals surface area (Å²) in [6, 6.07) is 25.8. The van der Waals surface area contributed by atoms with Crippen LogP contribution in [-0.4, -0.2) is 34.6 Å². The molecule has 0 aliphatic heterocycles. The molecule has 0 bridgehead atoms. The fraction of sp³-hybridized carbons (Fsp3) is 0.375. The van der Waals surface area contributed by atoms with Crippen molar-refractivity contribution in [2.24, 2.45) is 0 Å². The molecule has 3 aromatic rings. The minimum atomic E-state index is -0.643. The van der Waals surface area contributed by atoms with Crippen molar-refractivity contribution in [3.8, 4) is 0 Å². The molecule has 2 amide bonds. The minimum Gasteiger partial charge on any atom is -0.352 e. The van der Waals surface area contributed by atoms with Gasteiger partial charge in [-0.3, -0.25) is 9.59 Å². The predicted octanol–water partition coefficient (Wildman–Crippen LogP) is 6.54. The zero-order valence-electron chi connectivity index (χ0n) is 21.9. The van der Waals surface area contributed by atoms with Gasteiger partial charge in [0, 0.05) is 36.9 Å². The lowest BCUT2D eigenvalue weighted by Gasteiger charge is -2.33. The van der Waals surface area contributed by atoms with Gasteiger partial charge in [-0.25, -0.2) is 4.39 Å². The SMILES string of the molecule is O=C(NC1CCCCC1)[C@H](Cc1ccccc1)N(Cc1ccc(F)cc1)C(=O)CCSCc1ccccc1. The third kappa shape index (κ3) is 8.73. The summed E-state index contributed by atoms with van der Waals surface area (Å²) in [5, 5.41) is 3.26. The fourth-order valence-corrected chi connectivity index (χ4v) is 5.84. The second-order valence-corrected chi connectivity index (χ2v) is 11.1. The Labute approximate surface area is 230 Å². The molecular formula is C32H37FN2O2S. The van der Waals surface area contributed by atoms with Crippen LogP contribution in [0, 0.1) is 5.82 Å². The highest BCUT2D eigenvalue weighted by Crippen LogP contribution is 2.21. The maximum atomic E-state index is 13.8. The zero-order valence-corrected chi connectivity index (χ0v) is 22.7. The van der Waals surface area contributed by atoms with Crippen LogP contribution in [0.4, 0.5) is 4.39 Å². The number of nitrogens with one attached hydrogen (secondary N) is 1. The molecule has 1 saturated carbocycles. The Bertz CT molecular complexity index is 1140. The average molecular weight is 533 g/mol. The van der Waals surface area contributed by atoms with Gasteiger partial charge in [-0.1, -0.05) is 92.1 Å². The van der Waals surface area contributed by atoms with Gasteiger partial charge in [0.2, 0.25) is 11.8 Å². The summed E-state index contributed by atoms with van der Waals surface area (Å²) in [4.78, 5) is 29.2. The Morgan fingerprint density at radius 2 is 1.47 bits per heavy atom. The second-order valence-electron chi connectivity index (χ2n) is 9.99. The van der Waals surface area contributed by atoms with Crippen LogP contribution in [0.15, 0.2) is 84.9 Å². The highest BCUT2D eigenvalue weighted by atomic mass is 32.2. The van der Waals surface area contributed by atoms with Crippen molar-refractivity contribution in [2.45, 2.75) is 69.3 Å². The van der Waals surface area contributed by atoms with E-state index >= 15 is 0 Å². The van der Waals surface area contributed by atoms with E-state index < -0.39 is 6.04 Å². The van der Waals surface area contributed by atoms with Crippen molar-refractivity contribution < 1.29 is 14.0 Å². The largest absolute Gasteiger partial charge is 0.352 e. The van der Waals surface area contributed by atoms with Crippen LogP contribution >= 0.6 is 11.8 Å². The van der Waals surface area contributed by atoms with Crippen molar-refractivity contribution in [3.63, 3.8) is 0 Å². The Hall–Kier alpha value is -3.12. The Morgan fingerprint density at radius 1 is 0.842 bits per heavy atom. The smallest absolute Gasteiger partial charge is 0.243 e. The van der Waals surface area contributed by atoms with Gasteiger partial charge in [-0.05, 0) is 41.7 Å². The molecule has 0 saturated heterocycles. The van der Waals surface area contributed by atoms with Gasteiger partial charge in [0.25, 0.3) is 0 Å². The van der Waals surface area contributed by atoms with E-state index in [2.05, 4.69) is 17.4 Å². The van der Waals surface area contributed by atoms with Crippen molar-refractivity contribution in [1.82, 2.24) is 10.2 Å². The summed E-state index contributed by atoms with van der Waals surface area (Å²) >= 11 is 1.72. The van der Waals surface area contributed by atoms with Gasteiger partial charge in [-0.2, -0.15) is 11.8 Å². The minimum absolute atomic E-state index is 0.0605. The first-order valence-corrected chi connectivity index (χ1v) is 14.7. The first-order valence-electron chi connectivity index (χ1n) is 13.6. The number of halogens is 1. The van der Waals surface area contributed by atoms with Gasteiger partial charge in [0.05, 0.1) is 0 Å². The Balaban J connectivity index is 1.52. The zero-order chi connectivity index (χ0) is 26.6. The van der Waals surface area contributed by atoms with Crippen LogP contribution in [-0.2, 0) is 28.3 Å². The number of hydrogen-bond donors (Lipinski definition) is 1. The number of benzene rings is 3. The molecule has 1 fully saturated rings. The van der Waals surface area contributed by atoms with Crippen LogP contribution in [0.2, 0.25) is 0 Å². The van der Waals surface area contributed by atoms with E-state index in [9.17, 15) is 14.0 Å². The molecule has 1 aliphatic carbocycles. The molecule has 0 aromatic heterocycles. The summed E-state index contributed by atoms with van der Waals surface area (Å²) in [7, 11) is 0. The van der Waals surface area contributed by atoms with Crippen molar-refractivity contribution in [1.29, 1.82) is 0 Å². The van der Waals surface area contributed by atoms with E-state index in [0.29, 0.717) is 18.6 Å². The van der Waals surface area contributed by atoms with E-state index in [0.717, 1.165) is 42.6 Å². The number of carbonyl (C=O) groups excluding carboxylic acids is 2. The van der Waals surface area contributed by atoms with E-state index in [-0.39, 0.29) is 30.2 Å². The quantitative estimate of drug-likeness (QED) is 0.270. The van der Waals surface area contributed by atoms with Gasteiger partial charge in [-0.15, -0.1) is 0 Å². The molecule has 0 radical (unpaired) electrons. The summed E-state index contributed by atoms with van der Waals surface area (Å²) in [6.45, 7) is 0.262. The van der Waals surface area contributed by atoms with E-state index in [1.807, 2.05) is 48.5 Å². The standard InChI is InChI=1S/C32H37FN2O2S/c33-28-18-16-26(17-19-28)23-35(31(36)20-21-38-24-27-12-6-2-7-13-27)30(22-25-10-4-1-5-11-25)32(37)34-29-14-8-3-9-15-29/h1-2,4-7,10-13,16-19,29-30H,3,8-9,14-15,20-24H2,(H,34,37)/t30-/m0/s1. The van der Waals surface area contributed by atoms with Crippen LogP contribution < -0.4 is 5.32 Å². The molecule has 1 aliphatic rings. The molecule has 1 atom stereocenters. The fourth-order valence-electron chi connectivity index (χ4n) is 4.95. The molecule has 4 nitrogen and oxygen atoms in total. The van der Waals surface area contributed by atoms with Crippen LogP contribution in [0.25, 0.3) is 0 Å². The number of rotatable bonds is 12. The molecule has 6 heteroatoms. The molecule has 4 rings (SSSR count). The molecule has 200 valence electrons. The second kappa shape index (κ2) is 14.7. The molecule has 38 heavy (non-hydrogen) atoms. The molecule has 0 spiro atoms. The normalized spacial score (nSPS) is 14.6. The summed E-state index contributed by atoms with van der Waals surface area (Å²) in [5.41, 5.74) is 3.04. The lowest BCUT2D eigenvalue weighted by atomic mass is 9.94. The number of nitrogens with zero attached hydrogens (tertiary/aromatic N) is 1. The lowest BCUT2D eigenvalue weighted by Crippen LogP contribution is -2.52. The average Bonchev–Trinajstić information content (AvgIpc) is 2.95. The Kier molecular flexibility index (Phi) is 10.8. The molecule has 0 unspecified atom stereocenters. The first-order chi connectivity index (χ1) is 18.6. The van der Waals surface area contributed by atoms with Crippen LogP contribution in [0.1, 0.15) is 55.2 Å². The first kappa shape index (κ1) is 27.9. The highest BCUT2D eigenvalue weighted by Gasteiger charge is 2.31. The molecule has 3 aromatic carbocycles. The molecule has 1 N–H and O–H groups in total. The summed E-state index contributed by atoms with van der Waals surface area (Å²) < 4.78 is 13.6. The van der Waals surface area contributed by atoms with Crippen LogP contribution in [0.5, 0.6) is 0 Å². The Morgan fingerprint density at radius 3 is 2.13 bits per heavy atom. The van der Waals surface area contributed by atoms with Gasteiger partial charge in [0.15, 0.2) is 0 Å². The van der Waals surface area contributed by atoms with Crippen LogP contribution in [0.3, 0.4) is 0 Å². The summed E-state index contributed by atoms with van der Waals surface area (Å²) in [5.74, 6) is 1.01. The van der Waals surface area contributed by atoms with E-state index in [1.54, 1.807) is 28.8 Å². The van der Waals surface area contributed by atoms with E-state index in [1.165, 1.54) is 24.1 Å². The molecular weight excluding hydrogens is 495 g/mol. The van der Waals surface area contributed by atoms with Gasteiger partial charge < -0.3 is 10.2 Å². The topological polar surface area (TPSA) is 49.4 Å². The van der Waals surface area contributed by atoms with Gasteiger partial charge in [0.1, 0.15) is 11.9 Å². The predicted molar refractivity (Wildman–Crippen MR) is 153 cm³/mol. The molecule has 0 heterocycles. The lowest BCUT2D eigenvalue weighted by molar-refractivity contribution is -0.141. The number of hydrogen-bond acceptors (Lipinski definition) is 3. The van der Waals surface area contributed by atoms with Crippen molar-refractivity contribution >= 4 is 23.6 Å². The maximum Gasteiger partial charge on any atom is 0.243 e. The van der Waals surface area contributed by atoms with Gasteiger partial charge >= 0.3 is 0 Å². The number of thioether (sulfide) groups is 1. The van der Waals surface area contributed by atoms with E-state index in [4.69, 9.17) is 0 Å². The third-order valence-corrected chi connectivity index (χ3v) is 8.09. The van der Waals surface area contributed by atoms with Crippen molar-refractivity contribution in [3.05, 3.63) is 107 Å². The summed E-state index contributed by atoms with van der Waals surface area (Å²) in [6.07, 6.45) is 6.16. The monoisotopic (exact) mass is 532 g/mol. The highest BCUT2D eigenvalue weighted by molar-refractivity contribution is 7.98. The number of carbonyl (C=O) groups is 2. The maximum absolute atomic E-state index is 13.8. The van der Waals surface area contributed by atoms with Crippen molar-refractivity contribution in [2.75, 3.05) is 5.75 Å².